The Balaban J connectivity index is 1.88. The molecule has 2 aromatic carbocycles. The van der Waals surface area contributed by atoms with E-state index in [-0.39, 0.29) is 11.6 Å². The third-order valence-electron chi connectivity index (χ3n) is 3.93. The fourth-order valence-corrected chi connectivity index (χ4v) is 2.82. The molecule has 0 unspecified atom stereocenters. The fraction of sp³-hybridized carbons (Fsp3) is 0.150. The normalized spacial score (nSPS) is 10.5. The lowest BCUT2D eigenvalue weighted by atomic mass is 10.1. The minimum absolute atomic E-state index is 0.270. The van der Waals surface area contributed by atoms with Crippen LogP contribution in [0.15, 0.2) is 48.5 Å². The van der Waals surface area contributed by atoms with Gasteiger partial charge in [-0.2, -0.15) is 0 Å². The molecule has 6 heteroatoms. The van der Waals surface area contributed by atoms with E-state index in [1.165, 1.54) is 0 Å². The maximum atomic E-state index is 12.6. The summed E-state index contributed by atoms with van der Waals surface area (Å²) in [7, 11) is 0. The Morgan fingerprint density at radius 2 is 1.65 bits per heavy atom. The first-order valence-electron chi connectivity index (χ1n) is 8.19. The number of carbonyl (C=O) groups is 1. The van der Waals surface area contributed by atoms with Gasteiger partial charge >= 0.3 is 0 Å². The molecule has 3 aromatic rings. The molecule has 26 heavy (non-hydrogen) atoms. The molecule has 132 valence electrons. The zero-order valence-electron chi connectivity index (χ0n) is 14.8. The van der Waals surface area contributed by atoms with E-state index in [1.54, 1.807) is 37.3 Å². The van der Waals surface area contributed by atoms with Gasteiger partial charge in [0.15, 0.2) is 0 Å². The van der Waals surface area contributed by atoms with E-state index in [0.29, 0.717) is 22.4 Å². The van der Waals surface area contributed by atoms with Gasteiger partial charge < -0.3 is 10.6 Å². The molecule has 1 aromatic heterocycles. The van der Waals surface area contributed by atoms with Crippen LogP contribution in [0.3, 0.4) is 0 Å². The molecule has 1 heterocycles. The van der Waals surface area contributed by atoms with Crippen LogP contribution in [0.2, 0.25) is 5.02 Å². The van der Waals surface area contributed by atoms with E-state index >= 15 is 0 Å². The van der Waals surface area contributed by atoms with Crippen molar-refractivity contribution in [3.8, 4) is 0 Å². The van der Waals surface area contributed by atoms with Gasteiger partial charge in [-0.05, 0) is 44.0 Å². The van der Waals surface area contributed by atoms with Crippen molar-refractivity contribution in [1.29, 1.82) is 0 Å². The van der Waals surface area contributed by atoms with E-state index in [9.17, 15) is 4.79 Å². The average Bonchev–Trinajstić information content (AvgIpc) is 2.60. The number of nitrogens with zero attached hydrogens (tertiary/aromatic N) is 2. The van der Waals surface area contributed by atoms with Crippen LogP contribution in [-0.4, -0.2) is 15.9 Å². The molecule has 0 atom stereocenters. The first-order valence-corrected chi connectivity index (χ1v) is 8.56. The number of rotatable bonds is 4. The third kappa shape index (κ3) is 4.00. The number of hydrogen-bond donors (Lipinski definition) is 2. The maximum absolute atomic E-state index is 12.6. The summed E-state index contributed by atoms with van der Waals surface area (Å²) in [6, 6.07) is 14.7. The van der Waals surface area contributed by atoms with Crippen molar-refractivity contribution in [2.75, 3.05) is 10.6 Å². The average molecular weight is 367 g/mol. The lowest BCUT2D eigenvalue weighted by molar-refractivity contribution is 0.102. The number of carbonyl (C=O) groups excluding carboxylic acids is 1. The Hall–Kier alpha value is -2.92. The van der Waals surface area contributed by atoms with Gasteiger partial charge in [-0.25, -0.2) is 9.97 Å². The molecule has 0 bridgehead atoms. The van der Waals surface area contributed by atoms with E-state index in [0.717, 1.165) is 16.8 Å². The van der Waals surface area contributed by atoms with Crippen LogP contribution in [-0.2, 0) is 0 Å². The molecular formula is C20H19ClN4O. The third-order valence-corrected chi connectivity index (χ3v) is 4.26. The number of aryl methyl sites for hydroxylation is 3. The second kappa shape index (κ2) is 7.54. The maximum Gasteiger partial charge on any atom is 0.274 e. The summed E-state index contributed by atoms with van der Waals surface area (Å²) >= 11 is 6.10. The molecule has 0 spiro atoms. The quantitative estimate of drug-likeness (QED) is 0.678. The largest absolute Gasteiger partial charge is 0.340 e. The van der Waals surface area contributed by atoms with Crippen molar-refractivity contribution in [3.63, 3.8) is 0 Å². The summed E-state index contributed by atoms with van der Waals surface area (Å²) in [4.78, 5) is 21.2. The van der Waals surface area contributed by atoms with Gasteiger partial charge in [-0.1, -0.05) is 41.9 Å². The van der Waals surface area contributed by atoms with Crippen LogP contribution < -0.4 is 10.6 Å². The summed E-state index contributed by atoms with van der Waals surface area (Å²) in [6.07, 6.45) is 0. The molecule has 0 saturated heterocycles. The fourth-order valence-electron chi connectivity index (χ4n) is 2.64. The highest BCUT2D eigenvalue weighted by molar-refractivity contribution is 6.33. The van der Waals surface area contributed by atoms with E-state index in [4.69, 9.17) is 11.6 Å². The second-order valence-electron chi connectivity index (χ2n) is 6.01. The number of amides is 1. The minimum atomic E-state index is -0.340. The summed E-state index contributed by atoms with van der Waals surface area (Å²) in [5.74, 6) is 0.734. The Bertz CT molecular complexity index is 952. The van der Waals surface area contributed by atoms with Crippen LogP contribution in [0.5, 0.6) is 0 Å². The molecule has 0 aliphatic carbocycles. The first kappa shape index (κ1) is 17.9. The highest BCUT2D eigenvalue weighted by Crippen LogP contribution is 2.24. The summed E-state index contributed by atoms with van der Waals surface area (Å²) in [5.41, 5.74) is 3.99. The molecule has 0 aliphatic heterocycles. The predicted octanol–water partition coefficient (Wildman–Crippen LogP) is 5.05. The number of anilines is 3. The monoisotopic (exact) mass is 366 g/mol. The molecule has 0 radical (unpaired) electrons. The number of halogens is 1. The van der Waals surface area contributed by atoms with Crippen LogP contribution in [0.1, 0.15) is 27.4 Å². The van der Waals surface area contributed by atoms with Crippen LogP contribution >= 0.6 is 11.6 Å². The number of nitrogens with one attached hydrogen (secondary N) is 2. The molecule has 3 rings (SSSR count). The second-order valence-corrected chi connectivity index (χ2v) is 6.42. The van der Waals surface area contributed by atoms with Gasteiger partial charge in [-0.15, -0.1) is 0 Å². The first-order chi connectivity index (χ1) is 12.4. The molecular weight excluding hydrogens is 348 g/mol. The van der Waals surface area contributed by atoms with E-state index in [1.807, 2.05) is 32.0 Å². The van der Waals surface area contributed by atoms with Gasteiger partial charge in [0.05, 0.1) is 10.7 Å². The summed E-state index contributed by atoms with van der Waals surface area (Å²) < 4.78 is 0. The van der Waals surface area contributed by atoms with E-state index < -0.39 is 0 Å². The van der Waals surface area contributed by atoms with Gasteiger partial charge in [0.25, 0.3) is 5.91 Å². The molecule has 5 nitrogen and oxygen atoms in total. The van der Waals surface area contributed by atoms with Crippen molar-refractivity contribution in [3.05, 3.63) is 76.2 Å². The Morgan fingerprint density at radius 1 is 0.962 bits per heavy atom. The topological polar surface area (TPSA) is 66.9 Å². The number of para-hydroxylation sites is 2. The standard InChI is InChI=1S/C20H19ClN4O/c1-12-7-6-8-13(2)19(12)25-18-11-17(22-14(3)23-18)20(26)24-16-10-5-4-9-15(16)21/h4-11H,1-3H3,(H,24,26)(H,22,23,25). The van der Waals surface area contributed by atoms with Crippen molar-refractivity contribution in [2.24, 2.45) is 0 Å². The highest BCUT2D eigenvalue weighted by Gasteiger charge is 2.13. The molecule has 0 aliphatic rings. The van der Waals surface area contributed by atoms with E-state index in [2.05, 4.69) is 20.6 Å². The zero-order valence-corrected chi connectivity index (χ0v) is 15.6. The van der Waals surface area contributed by atoms with Gasteiger partial charge in [0, 0.05) is 11.8 Å². The number of hydrogen-bond acceptors (Lipinski definition) is 4. The Morgan fingerprint density at radius 3 is 2.35 bits per heavy atom. The Labute approximate surface area is 157 Å². The van der Waals surface area contributed by atoms with Crippen LogP contribution in [0.25, 0.3) is 0 Å². The molecule has 1 amide bonds. The predicted molar refractivity (Wildman–Crippen MR) is 105 cm³/mol. The molecule has 2 N–H and O–H groups in total. The smallest absolute Gasteiger partial charge is 0.274 e. The van der Waals surface area contributed by atoms with Crippen molar-refractivity contribution >= 4 is 34.7 Å². The minimum Gasteiger partial charge on any atom is -0.340 e. The van der Waals surface area contributed by atoms with Crippen LogP contribution in [0, 0.1) is 20.8 Å². The Kier molecular flexibility index (Phi) is 5.19. The lowest BCUT2D eigenvalue weighted by Gasteiger charge is -2.13. The van der Waals surface area contributed by atoms with Gasteiger partial charge in [0.2, 0.25) is 0 Å². The van der Waals surface area contributed by atoms with Crippen molar-refractivity contribution < 1.29 is 4.79 Å². The lowest BCUT2D eigenvalue weighted by Crippen LogP contribution is -2.15. The highest BCUT2D eigenvalue weighted by atomic mass is 35.5. The summed E-state index contributed by atoms with van der Waals surface area (Å²) in [5, 5.41) is 6.55. The summed E-state index contributed by atoms with van der Waals surface area (Å²) in [6.45, 7) is 5.80. The molecule has 0 saturated carbocycles. The number of aromatic nitrogens is 2. The van der Waals surface area contributed by atoms with Crippen molar-refractivity contribution in [1.82, 2.24) is 9.97 Å². The zero-order chi connectivity index (χ0) is 18.7. The van der Waals surface area contributed by atoms with Gasteiger partial charge in [-0.3, -0.25) is 4.79 Å². The van der Waals surface area contributed by atoms with Crippen LogP contribution in [0.4, 0.5) is 17.2 Å². The SMILES string of the molecule is Cc1nc(Nc2c(C)cccc2C)cc(C(=O)Nc2ccccc2Cl)n1. The molecule has 0 fully saturated rings. The van der Waals surface area contributed by atoms with Gasteiger partial charge in [0.1, 0.15) is 17.3 Å². The van der Waals surface area contributed by atoms with Crippen molar-refractivity contribution in [2.45, 2.75) is 20.8 Å². The number of benzene rings is 2.